The van der Waals surface area contributed by atoms with Crippen LogP contribution in [0.25, 0.3) is 0 Å². The molecule has 9 heteroatoms. The summed E-state index contributed by atoms with van der Waals surface area (Å²) >= 11 is 0. The molecule has 2 rings (SSSR count). The highest BCUT2D eigenvalue weighted by Gasteiger charge is 2.23. The highest BCUT2D eigenvalue weighted by molar-refractivity contribution is 5.83. The number of amides is 2. The van der Waals surface area contributed by atoms with E-state index >= 15 is 0 Å². The van der Waals surface area contributed by atoms with Crippen LogP contribution in [0.5, 0.6) is 0 Å². The first-order valence-corrected chi connectivity index (χ1v) is 6.20. The molecule has 0 aliphatic rings. The third-order valence-electron chi connectivity index (χ3n) is 2.93. The lowest BCUT2D eigenvalue weighted by Crippen LogP contribution is -2.40. The third-order valence-corrected chi connectivity index (χ3v) is 2.93. The molecule has 0 fully saturated rings. The summed E-state index contributed by atoms with van der Waals surface area (Å²) < 4.78 is 3.09. The van der Waals surface area contributed by atoms with Crippen LogP contribution in [0.3, 0.4) is 0 Å². The molecule has 2 amide bonds. The summed E-state index contributed by atoms with van der Waals surface area (Å²) in [5.74, 6) is -1.15. The molecule has 0 saturated carbocycles. The van der Waals surface area contributed by atoms with E-state index in [9.17, 15) is 14.7 Å². The second-order valence-corrected chi connectivity index (χ2v) is 4.49. The zero-order valence-electron chi connectivity index (χ0n) is 11.6. The lowest BCUT2D eigenvalue weighted by molar-refractivity contribution is -0.139. The third kappa shape index (κ3) is 3.59. The molecule has 0 bridgehead atoms. The van der Waals surface area contributed by atoms with Gasteiger partial charge in [-0.2, -0.15) is 10.2 Å². The van der Waals surface area contributed by atoms with Gasteiger partial charge in [0.05, 0.1) is 18.4 Å². The number of nitrogens with zero attached hydrogens (tertiary/aromatic N) is 4. The summed E-state index contributed by atoms with van der Waals surface area (Å²) in [5.41, 5.74) is 1.21. The van der Waals surface area contributed by atoms with Crippen molar-refractivity contribution in [2.75, 3.05) is 0 Å². The van der Waals surface area contributed by atoms with Crippen molar-refractivity contribution in [1.82, 2.24) is 30.2 Å². The van der Waals surface area contributed by atoms with Gasteiger partial charge < -0.3 is 15.7 Å². The maximum absolute atomic E-state index is 11.8. The minimum atomic E-state index is -1.15. The van der Waals surface area contributed by atoms with Crippen LogP contribution in [0, 0.1) is 0 Å². The highest BCUT2D eigenvalue weighted by atomic mass is 16.4. The Labute approximate surface area is 120 Å². The second-order valence-electron chi connectivity index (χ2n) is 4.49. The van der Waals surface area contributed by atoms with Crippen molar-refractivity contribution in [2.24, 2.45) is 14.1 Å². The van der Waals surface area contributed by atoms with Gasteiger partial charge in [0.25, 0.3) is 0 Å². The summed E-state index contributed by atoms with van der Waals surface area (Å²) in [6.45, 7) is 0.252. The van der Waals surface area contributed by atoms with E-state index in [0.29, 0.717) is 5.56 Å². The Morgan fingerprint density at radius 2 is 2.14 bits per heavy atom. The van der Waals surface area contributed by atoms with Gasteiger partial charge in [-0.3, -0.25) is 9.36 Å². The standard InChI is InChI=1S/C12H16N6O3/c1-17-7-8(5-15-17)10(11(19)20)16-12(21)13-6-9-3-4-14-18(9)2/h3-5,7,10H,6H2,1-2H3,(H,19,20)(H2,13,16,21). The highest BCUT2D eigenvalue weighted by Crippen LogP contribution is 2.11. The van der Waals surface area contributed by atoms with Crippen molar-refractivity contribution in [1.29, 1.82) is 0 Å². The average molecular weight is 292 g/mol. The molecule has 3 N–H and O–H groups in total. The minimum absolute atomic E-state index is 0.252. The van der Waals surface area contributed by atoms with Crippen LogP contribution >= 0.6 is 0 Å². The number of carbonyl (C=O) groups excluding carboxylic acids is 1. The Balaban J connectivity index is 1.96. The van der Waals surface area contributed by atoms with Gasteiger partial charge in [-0.05, 0) is 6.07 Å². The van der Waals surface area contributed by atoms with Gasteiger partial charge in [0, 0.05) is 32.1 Å². The van der Waals surface area contributed by atoms with Gasteiger partial charge in [0.15, 0.2) is 6.04 Å². The number of carboxylic acids is 1. The van der Waals surface area contributed by atoms with Crippen LogP contribution in [0.15, 0.2) is 24.7 Å². The fourth-order valence-electron chi connectivity index (χ4n) is 1.80. The van der Waals surface area contributed by atoms with Gasteiger partial charge >= 0.3 is 12.0 Å². The largest absolute Gasteiger partial charge is 0.479 e. The van der Waals surface area contributed by atoms with Gasteiger partial charge in [-0.25, -0.2) is 9.59 Å². The molecule has 0 spiro atoms. The van der Waals surface area contributed by atoms with E-state index in [1.54, 1.807) is 37.2 Å². The zero-order chi connectivity index (χ0) is 15.4. The number of rotatable bonds is 5. The molecular formula is C12H16N6O3. The van der Waals surface area contributed by atoms with Gasteiger partial charge in [0.1, 0.15) is 0 Å². The number of nitrogens with one attached hydrogen (secondary N) is 2. The number of aromatic nitrogens is 4. The smallest absolute Gasteiger partial charge is 0.331 e. The zero-order valence-corrected chi connectivity index (χ0v) is 11.6. The molecule has 0 saturated heterocycles. The van der Waals surface area contributed by atoms with Crippen molar-refractivity contribution < 1.29 is 14.7 Å². The normalized spacial score (nSPS) is 11.9. The second kappa shape index (κ2) is 6.07. The number of aliphatic carboxylic acids is 1. The molecule has 0 aromatic carbocycles. The van der Waals surface area contributed by atoms with Crippen molar-refractivity contribution in [3.63, 3.8) is 0 Å². The predicted octanol–water partition coefficient (Wildman–Crippen LogP) is -0.221. The molecule has 1 atom stereocenters. The molecule has 2 heterocycles. The van der Waals surface area contributed by atoms with E-state index in [0.717, 1.165) is 5.69 Å². The number of aryl methyl sites for hydroxylation is 2. The maximum atomic E-state index is 11.8. The molecule has 1 unspecified atom stereocenters. The Morgan fingerprint density at radius 3 is 2.67 bits per heavy atom. The Kier molecular flexibility index (Phi) is 4.21. The maximum Gasteiger partial charge on any atom is 0.331 e. The lowest BCUT2D eigenvalue weighted by atomic mass is 10.1. The summed E-state index contributed by atoms with van der Waals surface area (Å²) in [5, 5.41) is 22.0. The topological polar surface area (TPSA) is 114 Å². The van der Waals surface area contributed by atoms with Gasteiger partial charge in [-0.1, -0.05) is 0 Å². The molecule has 9 nitrogen and oxygen atoms in total. The van der Waals surface area contributed by atoms with Gasteiger partial charge in [-0.15, -0.1) is 0 Å². The molecule has 2 aromatic rings. The van der Waals surface area contributed by atoms with E-state index in [4.69, 9.17) is 0 Å². The predicted molar refractivity (Wildman–Crippen MR) is 72.2 cm³/mol. The number of carboxylic acid groups (broad SMARTS) is 1. The first-order chi connectivity index (χ1) is 9.97. The van der Waals surface area contributed by atoms with Crippen molar-refractivity contribution >= 4 is 12.0 Å². The Hall–Kier alpha value is -2.84. The van der Waals surface area contributed by atoms with Crippen LogP contribution in [0.4, 0.5) is 4.79 Å². The molecule has 21 heavy (non-hydrogen) atoms. The SMILES string of the molecule is Cn1cc(C(NC(=O)NCc2ccnn2C)C(=O)O)cn1. The fraction of sp³-hybridized carbons (Fsp3) is 0.333. The minimum Gasteiger partial charge on any atom is -0.479 e. The summed E-state index contributed by atoms with van der Waals surface area (Å²) in [6, 6.07) is 0.0356. The van der Waals surface area contributed by atoms with Crippen LogP contribution in [0.2, 0.25) is 0 Å². The van der Waals surface area contributed by atoms with Crippen LogP contribution in [-0.2, 0) is 25.4 Å². The molecule has 2 aromatic heterocycles. The number of hydrogen-bond acceptors (Lipinski definition) is 4. The Morgan fingerprint density at radius 1 is 1.38 bits per heavy atom. The van der Waals surface area contributed by atoms with E-state index in [1.165, 1.54) is 10.9 Å². The van der Waals surface area contributed by atoms with Crippen molar-refractivity contribution in [3.05, 3.63) is 35.9 Å². The van der Waals surface area contributed by atoms with Crippen LogP contribution in [0.1, 0.15) is 17.3 Å². The summed E-state index contributed by atoms with van der Waals surface area (Å²) in [6.07, 6.45) is 4.56. The van der Waals surface area contributed by atoms with E-state index in [2.05, 4.69) is 20.8 Å². The quantitative estimate of drug-likeness (QED) is 0.705. The monoisotopic (exact) mass is 292 g/mol. The van der Waals surface area contributed by atoms with E-state index in [1.807, 2.05) is 0 Å². The van der Waals surface area contributed by atoms with Crippen LogP contribution < -0.4 is 10.6 Å². The molecule has 0 aliphatic carbocycles. The Bertz CT molecular complexity index is 647. The van der Waals surface area contributed by atoms with Crippen molar-refractivity contribution in [2.45, 2.75) is 12.6 Å². The average Bonchev–Trinajstić information content (AvgIpc) is 3.02. The molecular weight excluding hydrogens is 276 g/mol. The van der Waals surface area contributed by atoms with E-state index in [-0.39, 0.29) is 6.54 Å². The lowest BCUT2D eigenvalue weighted by Gasteiger charge is -2.13. The summed E-state index contributed by atoms with van der Waals surface area (Å²) in [4.78, 5) is 23.0. The fourth-order valence-corrected chi connectivity index (χ4v) is 1.80. The molecule has 0 aliphatic heterocycles. The van der Waals surface area contributed by atoms with Crippen LogP contribution in [-0.4, -0.2) is 36.7 Å². The number of urea groups is 1. The number of carbonyl (C=O) groups is 2. The van der Waals surface area contributed by atoms with Crippen molar-refractivity contribution in [3.8, 4) is 0 Å². The first kappa shape index (κ1) is 14.6. The van der Waals surface area contributed by atoms with E-state index < -0.39 is 18.0 Å². The molecule has 0 radical (unpaired) electrons. The number of hydrogen-bond donors (Lipinski definition) is 3. The first-order valence-electron chi connectivity index (χ1n) is 6.20. The molecule has 112 valence electrons. The van der Waals surface area contributed by atoms with Gasteiger partial charge in [0.2, 0.25) is 0 Å². The summed E-state index contributed by atoms with van der Waals surface area (Å²) in [7, 11) is 3.43.